The highest BCUT2D eigenvalue weighted by Gasteiger charge is 2.21. The Hall–Kier alpha value is -2.99. The van der Waals surface area contributed by atoms with Crippen molar-refractivity contribution in [2.24, 2.45) is 0 Å². The zero-order valence-corrected chi connectivity index (χ0v) is 14.8. The maximum absolute atomic E-state index is 13.1. The van der Waals surface area contributed by atoms with Gasteiger partial charge in [-0.05, 0) is 48.9 Å². The number of fused-ring (bicyclic) bond motifs is 1. The van der Waals surface area contributed by atoms with Crippen molar-refractivity contribution in [1.29, 1.82) is 0 Å². The molecule has 0 aliphatic rings. The van der Waals surface area contributed by atoms with Crippen molar-refractivity contribution in [3.63, 3.8) is 0 Å². The average molecular weight is 365 g/mol. The van der Waals surface area contributed by atoms with Gasteiger partial charge in [0.2, 0.25) is 0 Å². The number of nitrogens with one attached hydrogen (secondary N) is 1. The number of thiophene rings is 1. The van der Waals surface area contributed by atoms with Crippen LogP contribution in [-0.2, 0) is 0 Å². The maximum atomic E-state index is 13.1. The molecule has 4 rings (SSSR count). The van der Waals surface area contributed by atoms with Crippen LogP contribution in [0.2, 0.25) is 0 Å². The second kappa shape index (κ2) is 6.72. The first-order valence-corrected chi connectivity index (χ1v) is 9.02. The van der Waals surface area contributed by atoms with Crippen molar-refractivity contribution in [3.05, 3.63) is 83.4 Å². The lowest BCUT2D eigenvalue weighted by molar-refractivity contribution is 0.0944. The summed E-state index contributed by atoms with van der Waals surface area (Å²) in [6.07, 6.45) is 5.55. The van der Waals surface area contributed by atoms with E-state index in [-0.39, 0.29) is 17.8 Å². The fraction of sp³-hybridized carbons (Fsp3) is 0.100. The van der Waals surface area contributed by atoms with Gasteiger partial charge < -0.3 is 9.88 Å². The number of benzene rings is 1. The smallest absolute Gasteiger partial charge is 0.264 e. The van der Waals surface area contributed by atoms with E-state index in [0.29, 0.717) is 4.88 Å². The van der Waals surface area contributed by atoms with E-state index in [2.05, 4.69) is 10.3 Å². The van der Waals surface area contributed by atoms with Gasteiger partial charge in [-0.1, -0.05) is 12.1 Å². The molecule has 1 unspecified atom stereocenters. The van der Waals surface area contributed by atoms with E-state index in [4.69, 9.17) is 0 Å². The molecule has 4 nitrogen and oxygen atoms in total. The lowest BCUT2D eigenvalue weighted by Gasteiger charge is -2.14. The summed E-state index contributed by atoms with van der Waals surface area (Å²) in [7, 11) is 0. The van der Waals surface area contributed by atoms with Crippen molar-refractivity contribution >= 4 is 27.5 Å². The molecule has 1 amide bonds. The third-order valence-electron chi connectivity index (χ3n) is 4.23. The fourth-order valence-electron chi connectivity index (χ4n) is 2.91. The van der Waals surface area contributed by atoms with Crippen molar-refractivity contribution in [3.8, 4) is 5.69 Å². The van der Waals surface area contributed by atoms with E-state index in [9.17, 15) is 9.18 Å². The van der Waals surface area contributed by atoms with Crippen LogP contribution in [0.5, 0.6) is 0 Å². The van der Waals surface area contributed by atoms with Crippen molar-refractivity contribution in [2.75, 3.05) is 0 Å². The molecule has 0 bridgehead atoms. The quantitative estimate of drug-likeness (QED) is 0.569. The van der Waals surface area contributed by atoms with E-state index < -0.39 is 0 Å². The Kier molecular flexibility index (Phi) is 4.26. The molecule has 26 heavy (non-hydrogen) atoms. The Bertz CT molecular complexity index is 1050. The predicted octanol–water partition coefficient (Wildman–Crippen LogP) is 4.72. The van der Waals surface area contributed by atoms with Crippen LogP contribution in [0.15, 0.2) is 67.1 Å². The summed E-state index contributed by atoms with van der Waals surface area (Å²) in [6.45, 7) is 1.88. The third-order valence-corrected chi connectivity index (χ3v) is 5.33. The molecule has 3 aromatic heterocycles. The summed E-state index contributed by atoms with van der Waals surface area (Å²) in [5.74, 6) is -0.466. The molecule has 0 fully saturated rings. The van der Waals surface area contributed by atoms with Crippen LogP contribution in [0, 0.1) is 5.82 Å². The Morgan fingerprint density at radius 3 is 2.62 bits per heavy atom. The molecule has 4 aromatic rings. The molecule has 0 saturated carbocycles. The van der Waals surface area contributed by atoms with Crippen molar-refractivity contribution in [1.82, 2.24) is 14.9 Å². The van der Waals surface area contributed by atoms with E-state index in [1.54, 1.807) is 18.3 Å². The summed E-state index contributed by atoms with van der Waals surface area (Å²) in [5, 5.41) is 3.94. The van der Waals surface area contributed by atoms with Crippen LogP contribution >= 0.6 is 11.3 Å². The minimum absolute atomic E-state index is 0.173. The van der Waals surface area contributed by atoms with E-state index in [0.717, 1.165) is 21.5 Å². The zero-order chi connectivity index (χ0) is 18.1. The first-order valence-electron chi connectivity index (χ1n) is 8.20. The molecule has 0 saturated heterocycles. The largest absolute Gasteiger partial charge is 0.345 e. The van der Waals surface area contributed by atoms with E-state index in [1.807, 2.05) is 48.1 Å². The topological polar surface area (TPSA) is 46.9 Å². The van der Waals surface area contributed by atoms with Crippen LogP contribution in [0.25, 0.3) is 15.9 Å². The van der Waals surface area contributed by atoms with Gasteiger partial charge in [-0.25, -0.2) is 9.37 Å². The van der Waals surface area contributed by atoms with Gasteiger partial charge in [0.05, 0.1) is 11.7 Å². The van der Waals surface area contributed by atoms with Crippen molar-refractivity contribution in [2.45, 2.75) is 13.0 Å². The highest BCUT2D eigenvalue weighted by atomic mass is 32.1. The lowest BCUT2D eigenvalue weighted by Crippen LogP contribution is -2.26. The van der Waals surface area contributed by atoms with Crippen LogP contribution in [0.3, 0.4) is 0 Å². The number of rotatable bonds is 4. The minimum Gasteiger partial charge on any atom is -0.345 e. The number of pyridine rings is 1. The number of nitrogens with zero attached hydrogens (tertiary/aromatic N) is 2. The predicted molar refractivity (Wildman–Crippen MR) is 101 cm³/mol. The van der Waals surface area contributed by atoms with Gasteiger partial charge in [-0.15, -0.1) is 11.3 Å². The number of carbonyl (C=O) groups is 1. The maximum Gasteiger partial charge on any atom is 0.264 e. The zero-order valence-electron chi connectivity index (χ0n) is 14.0. The molecule has 0 aliphatic carbocycles. The molecule has 3 heterocycles. The van der Waals surface area contributed by atoms with Gasteiger partial charge >= 0.3 is 0 Å². The molecule has 0 radical (unpaired) electrons. The standard InChI is InChI=1S/C20H16FN3OS/c1-13(14-6-8-15(21)9-7-14)23-19(25)18-17(24-11-2-3-12-24)16-5-4-10-22-20(16)26-18/h2-13H,1H3,(H,23,25). The molecule has 0 spiro atoms. The summed E-state index contributed by atoms with van der Waals surface area (Å²) in [4.78, 5) is 18.8. The summed E-state index contributed by atoms with van der Waals surface area (Å²) < 4.78 is 15.0. The SMILES string of the molecule is CC(NC(=O)c1sc2ncccc2c1-n1cccc1)c1ccc(F)cc1. The van der Waals surface area contributed by atoms with Gasteiger partial charge in [0.15, 0.2) is 0 Å². The van der Waals surface area contributed by atoms with Crippen LogP contribution in [0.1, 0.15) is 28.2 Å². The van der Waals surface area contributed by atoms with E-state index >= 15 is 0 Å². The second-order valence-corrected chi connectivity index (χ2v) is 6.97. The molecule has 0 aliphatic heterocycles. The highest BCUT2D eigenvalue weighted by Crippen LogP contribution is 2.33. The van der Waals surface area contributed by atoms with Gasteiger partial charge in [0.1, 0.15) is 15.5 Å². The minimum atomic E-state index is -0.294. The number of amides is 1. The van der Waals surface area contributed by atoms with Crippen LogP contribution < -0.4 is 5.32 Å². The van der Waals surface area contributed by atoms with E-state index in [1.165, 1.54) is 23.5 Å². The van der Waals surface area contributed by atoms with Gasteiger partial charge in [-0.2, -0.15) is 0 Å². The average Bonchev–Trinajstić information content (AvgIpc) is 3.29. The van der Waals surface area contributed by atoms with Crippen LogP contribution in [-0.4, -0.2) is 15.5 Å². The fourth-order valence-corrected chi connectivity index (χ4v) is 3.96. The molecular weight excluding hydrogens is 349 g/mol. The Balaban J connectivity index is 1.71. The molecule has 1 aromatic carbocycles. The second-order valence-electron chi connectivity index (χ2n) is 5.97. The Morgan fingerprint density at radius 2 is 1.88 bits per heavy atom. The van der Waals surface area contributed by atoms with Gasteiger partial charge in [0, 0.05) is 24.0 Å². The first kappa shape index (κ1) is 16.5. The first-order chi connectivity index (χ1) is 12.6. The molecule has 1 N–H and O–H groups in total. The summed E-state index contributed by atoms with van der Waals surface area (Å²) in [6, 6.07) is 13.6. The van der Waals surface area contributed by atoms with Crippen LogP contribution in [0.4, 0.5) is 4.39 Å². The van der Waals surface area contributed by atoms with Gasteiger partial charge in [0.25, 0.3) is 5.91 Å². The summed E-state index contributed by atoms with van der Waals surface area (Å²) in [5.41, 5.74) is 1.67. The molecular formula is C20H16FN3OS. The number of halogens is 1. The molecule has 1 atom stereocenters. The normalized spacial score (nSPS) is 12.2. The Morgan fingerprint density at radius 1 is 1.15 bits per heavy atom. The Labute approximate surface area is 153 Å². The molecule has 6 heteroatoms. The summed E-state index contributed by atoms with van der Waals surface area (Å²) >= 11 is 1.37. The third kappa shape index (κ3) is 2.99. The van der Waals surface area contributed by atoms with Gasteiger partial charge in [-0.3, -0.25) is 4.79 Å². The lowest BCUT2D eigenvalue weighted by atomic mass is 10.1. The number of hydrogen-bond donors (Lipinski definition) is 1. The number of aromatic nitrogens is 2. The molecule has 130 valence electrons. The number of carbonyl (C=O) groups excluding carboxylic acids is 1. The number of hydrogen-bond acceptors (Lipinski definition) is 3. The van der Waals surface area contributed by atoms with Crippen molar-refractivity contribution < 1.29 is 9.18 Å². The monoisotopic (exact) mass is 365 g/mol. The highest BCUT2D eigenvalue weighted by molar-refractivity contribution is 7.21.